The number of amides is 2. The number of hydrogen-bond acceptors (Lipinski definition) is 6. The summed E-state index contributed by atoms with van der Waals surface area (Å²) >= 11 is 0. The molecule has 5 rings (SSSR count). The molecule has 3 aromatic rings. The number of likely N-dealkylation sites (tertiary alicyclic amines) is 1. The van der Waals surface area contributed by atoms with Crippen molar-refractivity contribution in [3.63, 3.8) is 0 Å². The first-order chi connectivity index (χ1) is 21.3. The van der Waals surface area contributed by atoms with Crippen molar-refractivity contribution in [2.45, 2.75) is 51.4 Å². The summed E-state index contributed by atoms with van der Waals surface area (Å²) in [6, 6.07) is 14.2. The van der Waals surface area contributed by atoms with E-state index in [9.17, 15) is 27.2 Å². The number of nitrogens with zero attached hydrogens (tertiary/aromatic N) is 1. The minimum atomic E-state index is -4.60. The Morgan fingerprint density at radius 2 is 1.76 bits per heavy atom. The summed E-state index contributed by atoms with van der Waals surface area (Å²) in [5.74, 6) is -0.480. The van der Waals surface area contributed by atoms with Crippen LogP contribution in [0.1, 0.15) is 60.2 Å². The Labute approximate surface area is 258 Å². The van der Waals surface area contributed by atoms with Crippen LogP contribution in [0.5, 0.6) is 17.2 Å². The van der Waals surface area contributed by atoms with Crippen molar-refractivity contribution in [1.82, 2.24) is 10.2 Å². The SMILES string of the molecule is CC(C)(C)OC(=O)N1CC[C@@H](c2ccc(F)c(C(=O)NCc3ccccc3C(F)(F)F)c2)[C@@H](COc2ccc3c(c2)OCO3)C1. The summed E-state index contributed by atoms with van der Waals surface area (Å²) in [5, 5.41) is 2.43. The van der Waals surface area contributed by atoms with Crippen LogP contribution in [0, 0.1) is 11.7 Å². The summed E-state index contributed by atoms with van der Waals surface area (Å²) < 4.78 is 77.7. The maximum atomic E-state index is 14.9. The van der Waals surface area contributed by atoms with Gasteiger partial charge in [0.1, 0.15) is 17.2 Å². The van der Waals surface area contributed by atoms with E-state index in [0.29, 0.717) is 35.8 Å². The Morgan fingerprint density at radius 3 is 2.51 bits per heavy atom. The third-order valence-corrected chi connectivity index (χ3v) is 7.62. The maximum absolute atomic E-state index is 14.9. The molecular formula is C33H34F4N2O6. The summed E-state index contributed by atoms with van der Waals surface area (Å²) in [4.78, 5) is 27.6. The number of piperidine rings is 1. The Balaban J connectivity index is 1.35. The number of carbonyl (C=O) groups excluding carboxylic acids is 2. The number of fused-ring (bicyclic) bond motifs is 1. The second-order valence-electron chi connectivity index (χ2n) is 12.0. The molecule has 0 bridgehead atoms. The van der Waals surface area contributed by atoms with Gasteiger partial charge in [0.25, 0.3) is 5.91 Å². The van der Waals surface area contributed by atoms with Gasteiger partial charge in [0.2, 0.25) is 6.79 Å². The van der Waals surface area contributed by atoms with Crippen LogP contribution in [-0.4, -0.2) is 49.0 Å². The molecule has 45 heavy (non-hydrogen) atoms. The number of halogens is 4. The highest BCUT2D eigenvalue weighted by Gasteiger charge is 2.36. The fourth-order valence-corrected chi connectivity index (χ4v) is 5.47. The molecule has 2 atom stereocenters. The lowest BCUT2D eigenvalue weighted by Gasteiger charge is -2.39. The van der Waals surface area contributed by atoms with Gasteiger partial charge in [0.05, 0.1) is 17.7 Å². The van der Waals surface area contributed by atoms with Gasteiger partial charge in [-0.1, -0.05) is 24.3 Å². The van der Waals surface area contributed by atoms with E-state index < -0.39 is 41.7 Å². The summed E-state index contributed by atoms with van der Waals surface area (Å²) in [5.41, 5.74) is -1.35. The van der Waals surface area contributed by atoms with E-state index in [0.717, 1.165) is 6.07 Å². The molecule has 1 saturated heterocycles. The number of alkyl halides is 3. The van der Waals surface area contributed by atoms with Crippen LogP contribution in [0.2, 0.25) is 0 Å². The lowest BCUT2D eigenvalue weighted by Crippen LogP contribution is -2.46. The third-order valence-electron chi connectivity index (χ3n) is 7.62. The first-order valence-corrected chi connectivity index (χ1v) is 14.5. The van der Waals surface area contributed by atoms with Crippen LogP contribution in [0.25, 0.3) is 0 Å². The molecule has 0 spiro atoms. The van der Waals surface area contributed by atoms with E-state index in [2.05, 4.69) is 5.32 Å². The molecule has 0 saturated carbocycles. The first-order valence-electron chi connectivity index (χ1n) is 14.5. The van der Waals surface area contributed by atoms with Gasteiger partial charge in [-0.3, -0.25) is 4.79 Å². The van der Waals surface area contributed by atoms with Crippen molar-refractivity contribution in [2.24, 2.45) is 5.92 Å². The lowest BCUT2D eigenvalue weighted by atomic mass is 9.80. The third kappa shape index (κ3) is 7.79. The maximum Gasteiger partial charge on any atom is 0.416 e. The van der Waals surface area contributed by atoms with Crippen LogP contribution < -0.4 is 19.5 Å². The van der Waals surface area contributed by atoms with E-state index >= 15 is 0 Å². The number of carbonyl (C=O) groups is 2. The average molecular weight is 631 g/mol. The van der Waals surface area contributed by atoms with Crippen LogP contribution in [0.3, 0.4) is 0 Å². The van der Waals surface area contributed by atoms with Gasteiger partial charge in [-0.2, -0.15) is 13.2 Å². The Morgan fingerprint density at radius 1 is 1.00 bits per heavy atom. The lowest BCUT2D eigenvalue weighted by molar-refractivity contribution is -0.138. The zero-order valence-electron chi connectivity index (χ0n) is 25.1. The largest absolute Gasteiger partial charge is 0.493 e. The van der Waals surface area contributed by atoms with Gasteiger partial charge in [-0.15, -0.1) is 0 Å². The van der Waals surface area contributed by atoms with Crippen LogP contribution in [0.4, 0.5) is 22.4 Å². The van der Waals surface area contributed by atoms with Gasteiger partial charge in [0.15, 0.2) is 11.5 Å². The van der Waals surface area contributed by atoms with Gasteiger partial charge in [-0.05, 0) is 74.6 Å². The number of rotatable bonds is 7. The van der Waals surface area contributed by atoms with Crippen LogP contribution in [-0.2, 0) is 17.5 Å². The van der Waals surface area contributed by atoms with Gasteiger partial charge >= 0.3 is 12.3 Å². The van der Waals surface area contributed by atoms with E-state index in [1.54, 1.807) is 49.9 Å². The molecule has 12 heteroatoms. The topological polar surface area (TPSA) is 86.3 Å². The second kappa shape index (κ2) is 12.9. The highest BCUT2D eigenvalue weighted by Crippen LogP contribution is 2.38. The van der Waals surface area contributed by atoms with Gasteiger partial charge < -0.3 is 29.2 Å². The molecular weight excluding hydrogens is 596 g/mol. The van der Waals surface area contributed by atoms with E-state index in [-0.39, 0.29) is 42.9 Å². The first kappa shape index (κ1) is 31.9. The Kier molecular flexibility index (Phi) is 9.13. The minimum Gasteiger partial charge on any atom is -0.493 e. The van der Waals surface area contributed by atoms with E-state index in [1.807, 2.05) is 0 Å². The zero-order valence-corrected chi connectivity index (χ0v) is 25.1. The Bertz CT molecular complexity index is 1550. The predicted octanol–water partition coefficient (Wildman–Crippen LogP) is 6.92. The number of ether oxygens (including phenoxy) is 4. The molecule has 0 aliphatic carbocycles. The second-order valence-corrected chi connectivity index (χ2v) is 12.0. The molecule has 0 aromatic heterocycles. The molecule has 8 nitrogen and oxygen atoms in total. The summed E-state index contributed by atoms with van der Waals surface area (Å²) in [7, 11) is 0. The smallest absolute Gasteiger partial charge is 0.416 e. The summed E-state index contributed by atoms with van der Waals surface area (Å²) in [6.07, 6.45) is -4.59. The number of hydrogen-bond donors (Lipinski definition) is 1. The monoisotopic (exact) mass is 630 g/mol. The number of nitrogens with one attached hydrogen (secondary N) is 1. The zero-order chi connectivity index (χ0) is 32.4. The Hall–Kier alpha value is -4.48. The standard InChI is InChI=1S/C33H34F4N2O6/c1-32(2,3)45-31(41)39-13-12-24(22(17-39)18-42-23-9-11-28-29(15-23)44-19-43-28)20-8-10-27(34)25(14-20)30(40)38-16-21-6-4-5-7-26(21)33(35,36)37/h4-11,14-15,22,24H,12-13,16-19H2,1-3H3,(H,38,40)/t22-,24+/m1/s1. The number of benzene rings is 3. The molecule has 3 aromatic carbocycles. The quantitative estimate of drug-likeness (QED) is 0.285. The molecule has 240 valence electrons. The molecule has 2 heterocycles. The molecule has 0 radical (unpaired) electrons. The highest BCUT2D eigenvalue weighted by atomic mass is 19.4. The molecule has 2 aliphatic heterocycles. The van der Waals surface area contributed by atoms with Crippen molar-refractivity contribution in [2.75, 3.05) is 26.5 Å². The van der Waals surface area contributed by atoms with Crippen molar-refractivity contribution in [3.8, 4) is 17.2 Å². The van der Waals surface area contributed by atoms with Crippen molar-refractivity contribution in [1.29, 1.82) is 0 Å². The van der Waals surface area contributed by atoms with Gasteiger partial charge in [-0.25, -0.2) is 9.18 Å². The van der Waals surface area contributed by atoms with Crippen molar-refractivity contribution >= 4 is 12.0 Å². The molecule has 0 unspecified atom stereocenters. The fraction of sp³-hybridized carbons (Fsp3) is 0.394. The predicted molar refractivity (Wildman–Crippen MR) is 156 cm³/mol. The fourth-order valence-electron chi connectivity index (χ4n) is 5.47. The van der Waals surface area contributed by atoms with E-state index in [4.69, 9.17) is 18.9 Å². The van der Waals surface area contributed by atoms with E-state index in [1.165, 1.54) is 30.3 Å². The normalized spacial score (nSPS) is 18.0. The van der Waals surface area contributed by atoms with Crippen LogP contribution >= 0.6 is 0 Å². The summed E-state index contributed by atoms with van der Waals surface area (Å²) in [6.45, 7) is 5.84. The molecule has 2 aliphatic rings. The molecule has 1 fully saturated rings. The average Bonchev–Trinajstić information content (AvgIpc) is 3.46. The minimum absolute atomic E-state index is 0.115. The van der Waals surface area contributed by atoms with Crippen molar-refractivity contribution in [3.05, 3.63) is 88.7 Å². The highest BCUT2D eigenvalue weighted by molar-refractivity contribution is 5.94. The molecule has 1 N–H and O–H groups in total. The van der Waals surface area contributed by atoms with Crippen LogP contribution in [0.15, 0.2) is 60.7 Å². The van der Waals surface area contributed by atoms with Gasteiger partial charge in [0, 0.05) is 31.6 Å². The molecule has 2 amide bonds. The van der Waals surface area contributed by atoms with Crippen molar-refractivity contribution < 1.29 is 46.1 Å².